The Morgan fingerprint density at radius 3 is 2.72 bits per heavy atom. The van der Waals surface area contributed by atoms with Crippen molar-refractivity contribution in [2.24, 2.45) is 0 Å². The van der Waals surface area contributed by atoms with Crippen molar-refractivity contribution in [3.8, 4) is 22.8 Å². The Morgan fingerprint density at radius 1 is 1.07 bits per heavy atom. The summed E-state index contributed by atoms with van der Waals surface area (Å²) >= 11 is 1.70. The van der Waals surface area contributed by atoms with E-state index in [1.807, 2.05) is 12.1 Å². The molecule has 4 aromatic rings. The molecule has 0 unspecified atom stereocenters. The number of rotatable bonds is 8. The lowest BCUT2D eigenvalue weighted by Gasteiger charge is -2.07. The average molecular weight is 407 g/mol. The average Bonchev–Trinajstić information content (AvgIpc) is 3.39. The summed E-state index contributed by atoms with van der Waals surface area (Å²) in [5.74, 6) is 3.06. The van der Waals surface area contributed by atoms with Crippen LogP contribution in [0.1, 0.15) is 24.8 Å². The quantitative estimate of drug-likeness (QED) is 0.316. The maximum absolute atomic E-state index is 5.37. The van der Waals surface area contributed by atoms with Crippen molar-refractivity contribution in [3.05, 3.63) is 60.2 Å². The topological polar surface area (TPSA) is 82.5 Å². The number of benzene rings is 1. The molecule has 0 radical (unpaired) electrons. The minimum atomic E-state index is 0.601. The van der Waals surface area contributed by atoms with Gasteiger partial charge < -0.3 is 9.09 Å². The van der Waals surface area contributed by atoms with Gasteiger partial charge in [-0.3, -0.25) is 4.98 Å². The number of aromatic nitrogens is 6. The van der Waals surface area contributed by atoms with Crippen molar-refractivity contribution in [2.45, 2.75) is 38.4 Å². The highest BCUT2D eigenvalue weighted by atomic mass is 32.2. The Balaban J connectivity index is 1.35. The van der Waals surface area contributed by atoms with E-state index in [1.54, 1.807) is 24.2 Å². The zero-order chi connectivity index (χ0) is 20.1. The third-order valence-electron chi connectivity index (χ3n) is 4.48. The fourth-order valence-corrected chi connectivity index (χ4v) is 3.98. The number of nitrogens with zero attached hydrogens (tertiary/aromatic N) is 6. The first-order chi connectivity index (χ1) is 14.2. The fourth-order valence-electron chi connectivity index (χ4n) is 3.04. The second kappa shape index (κ2) is 9.00. The Bertz CT molecular complexity index is 1080. The predicted molar refractivity (Wildman–Crippen MR) is 112 cm³/mol. The molecule has 0 fully saturated rings. The summed E-state index contributed by atoms with van der Waals surface area (Å²) in [5, 5.41) is 13.8. The van der Waals surface area contributed by atoms with Crippen LogP contribution in [0.15, 0.2) is 58.5 Å². The van der Waals surface area contributed by atoms with Gasteiger partial charge in [0.15, 0.2) is 11.0 Å². The maximum Gasteiger partial charge on any atom is 0.226 e. The summed E-state index contributed by atoms with van der Waals surface area (Å²) in [4.78, 5) is 8.47. The minimum Gasteiger partial charge on any atom is -0.339 e. The first-order valence-corrected chi connectivity index (χ1v) is 10.6. The van der Waals surface area contributed by atoms with Gasteiger partial charge in [0, 0.05) is 42.2 Å². The van der Waals surface area contributed by atoms with Crippen LogP contribution >= 0.6 is 11.8 Å². The Morgan fingerprint density at radius 2 is 1.93 bits per heavy atom. The first kappa shape index (κ1) is 19.3. The number of hydrogen-bond acceptors (Lipinski definition) is 7. The van der Waals surface area contributed by atoms with E-state index in [-0.39, 0.29) is 0 Å². The summed E-state index contributed by atoms with van der Waals surface area (Å²) < 4.78 is 7.53. The van der Waals surface area contributed by atoms with Crippen molar-refractivity contribution >= 4 is 11.8 Å². The Labute approximate surface area is 173 Å². The summed E-state index contributed by atoms with van der Waals surface area (Å²) in [6.07, 6.45) is 5.09. The van der Waals surface area contributed by atoms with E-state index in [1.165, 1.54) is 5.56 Å². The van der Waals surface area contributed by atoms with Gasteiger partial charge in [0.25, 0.3) is 0 Å². The summed E-state index contributed by atoms with van der Waals surface area (Å²) in [5.41, 5.74) is 3.22. The molecule has 0 aliphatic rings. The van der Waals surface area contributed by atoms with E-state index in [2.05, 4.69) is 68.0 Å². The van der Waals surface area contributed by atoms with Crippen LogP contribution in [-0.4, -0.2) is 35.6 Å². The first-order valence-electron chi connectivity index (χ1n) is 9.60. The standard InChI is InChI=1S/C21H22N6OS/c1-3-27-20(17-7-4-6-15(2)14-17)24-25-21(27)29-13-5-8-18-23-19(26-28-18)16-9-11-22-12-10-16/h4,6-7,9-12,14H,3,5,8,13H2,1-2H3. The van der Waals surface area contributed by atoms with Crippen LogP contribution in [0.5, 0.6) is 0 Å². The fraction of sp³-hybridized carbons (Fsp3) is 0.286. The number of aryl methyl sites for hydroxylation is 2. The molecule has 0 spiro atoms. The molecular weight excluding hydrogens is 384 g/mol. The van der Waals surface area contributed by atoms with Gasteiger partial charge in [-0.2, -0.15) is 4.98 Å². The van der Waals surface area contributed by atoms with Crippen LogP contribution in [0.3, 0.4) is 0 Å². The SMILES string of the molecule is CCn1c(SCCCc2nc(-c3ccncc3)no2)nnc1-c1cccc(C)c1. The van der Waals surface area contributed by atoms with Crippen molar-refractivity contribution in [3.63, 3.8) is 0 Å². The summed E-state index contributed by atoms with van der Waals surface area (Å²) in [6, 6.07) is 12.1. The highest BCUT2D eigenvalue weighted by molar-refractivity contribution is 7.99. The smallest absolute Gasteiger partial charge is 0.226 e. The van der Waals surface area contributed by atoms with Crippen LogP contribution in [0.4, 0.5) is 0 Å². The zero-order valence-electron chi connectivity index (χ0n) is 16.4. The summed E-state index contributed by atoms with van der Waals surface area (Å²) in [6.45, 7) is 5.03. The zero-order valence-corrected chi connectivity index (χ0v) is 17.3. The molecule has 0 atom stereocenters. The molecule has 0 amide bonds. The van der Waals surface area contributed by atoms with Crippen LogP contribution in [0.25, 0.3) is 22.8 Å². The van der Waals surface area contributed by atoms with Crippen molar-refractivity contribution in [2.75, 3.05) is 5.75 Å². The van der Waals surface area contributed by atoms with Gasteiger partial charge in [0.1, 0.15) is 0 Å². The normalized spacial score (nSPS) is 11.1. The molecule has 1 aromatic carbocycles. The van der Waals surface area contributed by atoms with Crippen molar-refractivity contribution in [1.82, 2.24) is 29.9 Å². The van der Waals surface area contributed by atoms with Crippen molar-refractivity contribution < 1.29 is 4.52 Å². The third kappa shape index (κ3) is 4.54. The number of thioether (sulfide) groups is 1. The van der Waals surface area contributed by atoms with E-state index in [4.69, 9.17) is 4.52 Å². The van der Waals surface area contributed by atoms with Crippen LogP contribution in [0, 0.1) is 6.92 Å². The van der Waals surface area contributed by atoms with Gasteiger partial charge >= 0.3 is 0 Å². The van der Waals surface area contributed by atoms with Crippen LogP contribution in [0.2, 0.25) is 0 Å². The lowest BCUT2D eigenvalue weighted by Crippen LogP contribution is -2.00. The largest absolute Gasteiger partial charge is 0.339 e. The highest BCUT2D eigenvalue weighted by Gasteiger charge is 2.14. The molecule has 0 saturated carbocycles. The predicted octanol–water partition coefficient (Wildman–Crippen LogP) is 4.44. The van der Waals surface area contributed by atoms with Gasteiger partial charge in [-0.25, -0.2) is 0 Å². The van der Waals surface area contributed by atoms with Gasteiger partial charge in [-0.1, -0.05) is 40.7 Å². The molecule has 0 bridgehead atoms. The Kier molecular flexibility index (Phi) is 6.00. The second-order valence-corrected chi connectivity index (χ2v) is 7.68. The number of hydrogen-bond donors (Lipinski definition) is 0. The van der Waals surface area contributed by atoms with E-state index < -0.39 is 0 Å². The highest BCUT2D eigenvalue weighted by Crippen LogP contribution is 2.25. The van der Waals surface area contributed by atoms with Gasteiger partial charge in [-0.15, -0.1) is 10.2 Å². The molecule has 8 heteroatoms. The lowest BCUT2D eigenvalue weighted by atomic mass is 10.1. The molecule has 4 rings (SSSR count). The molecular formula is C21H22N6OS. The number of pyridine rings is 1. The monoisotopic (exact) mass is 406 g/mol. The molecule has 0 N–H and O–H groups in total. The molecule has 7 nitrogen and oxygen atoms in total. The Hall–Kier alpha value is -3.00. The minimum absolute atomic E-state index is 0.601. The summed E-state index contributed by atoms with van der Waals surface area (Å²) in [7, 11) is 0. The van der Waals surface area contributed by atoms with Crippen molar-refractivity contribution in [1.29, 1.82) is 0 Å². The molecule has 29 heavy (non-hydrogen) atoms. The molecule has 0 aliphatic carbocycles. The van der Waals surface area contributed by atoms with Gasteiger partial charge in [0.2, 0.25) is 11.7 Å². The van der Waals surface area contributed by atoms with Crippen LogP contribution < -0.4 is 0 Å². The molecule has 3 heterocycles. The van der Waals surface area contributed by atoms with E-state index in [9.17, 15) is 0 Å². The van der Waals surface area contributed by atoms with E-state index >= 15 is 0 Å². The molecule has 148 valence electrons. The molecule has 0 saturated heterocycles. The maximum atomic E-state index is 5.37. The van der Waals surface area contributed by atoms with Gasteiger partial charge in [0.05, 0.1) is 0 Å². The lowest BCUT2D eigenvalue weighted by molar-refractivity contribution is 0.378. The van der Waals surface area contributed by atoms with E-state index in [0.717, 1.165) is 47.2 Å². The molecule has 0 aliphatic heterocycles. The van der Waals surface area contributed by atoms with Crippen LogP contribution in [-0.2, 0) is 13.0 Å². The van der Waals surface area contributed by atoms with E-state index in [0.29, 0.717) is 11.7 Å². The second-order valence-electron chi connectivity index (χ2n) is 6.62. The third-order valence-corrected chi connectivity index (χ3v) is 5.54. The van der Waals surface area contributed by atoms with Gasteiger partial charge in [-0.05, 0) is 38.5 Å². The molecule has 3 aromatic heterocycles.